The van der Waals surface area contributed by atoms with Gasteiger partial charge in [-0.2, -0.15) is 0 Å². The van der Waals surface area contributed by atoms with Crippen molar-refractivity contribution >= 4 is 11.8 Å². The zero-order valence-corrected chi connectivity index (χ0v) is 8.03. The van der Waals surface area contributed by atoms with E-state index in [9.17, 15) is 0 Å². The van der Waals surface area contributed by atoms with Crippen molar-refractivity contribution in [1.82, 2.24) is 5.32 Å². The molecule has 1 N–H and O–H groups in total. The third-order valence-corrected chi connectivity index (χ3v) is 3.05. The van der Waals surface area contributed by atoms with Crippen LogP contribution in [0.1, 0.15) is 18.0 Å². The van der Waals surface area contributed by atoms with E-state index in [-0.39, 0.29) is 0 Å². The highest BCUT2D eigenvalue weighted by atomic mass is 32.2. The van der Waals surface area contributed by atoms with Gasteiger partial charge in [-0.1, -0.05) is 12.1 Å². The van der Waals surface area contributed by atoms with Crippen molar-refractivity contribution in [1.29, 1.82) is 0 Å². The number of thioether (sulfide) groups is 1. The molecule has 0 spiro atoms. The van der Waals surface area contributed by atoms with Gasteiger partial charge in [0.05, 0.1) is 0 Å². The summed E-state index contributed by atoms with van der Waals surface area (Å²) in [6.07, 6.45) is 3.41. The lowest BCUT2D eigenvalue weighted by atomic mass is 9.98. The molecule has 1 atom stereocenters. The maximum absolute atomic E-state index is 3.40. The van der Waals surface area contributed by atoms with E-state index < -0.39 is 0 Å². The fraction of sp³-hybridized carbons (Fsp3) is 0.400. The van der Waals surface area contributed by atoms with Gasteiger partial charge in [0.15, 0.2) is 0 Å². The average Bonchev–Trinajstić information content (AvgIpc) is 2.02. The van der Waals surface area contributed by atoms with Crippen LogP contribution in [-0.2, 0) is 0 Å². The molecule has 1 nitrogen and oxygen atoms in total. The summed E-state index contributed by atoms with van der Waals surface area (Å²) < 4.78 is 0. The molecule has 0 amide bonds. The van der Waals surface area contributed by atoms with Crippen LogP contribution in [0, 0.1) is 0 Å². The molecule has 0 saturated carbocycles. The van der Waals surface area contributed by atoms with Gasteiger partial charge in [-0.3, -0.25) is 0 Å². The Morgan fingerprint density at radius 3 is 2.92 bits per heavy atom. The minimum atomic E-state index is 0.622. The fourth-order valence-corrected chi connectivity index (χ4v) is 1.90. The quantitative estimate of drug-likeness (QED) is 0.700. The normalized spacial score (nSPS) is 21.9. The Kier molecular flexibility index (Phi) is 2.38. The third kappa shape index (κ3) is 1.50. The summed E-state index contributed by atoms with van der Waals surface area (Å²) in [6.45, 7) is 1.17. The van der Waals surface area contributed by atoms with Gasteiger partial charge in [0.1, 0.15) is 0 Å². The van der Waals surface area contributed by atoms with E-state index in [0.717, 1.165) is 0 Å². The van der Waals surface area contributed by atoms with E-state index in [2.05, 4.69) is 35.8 Å². The largest absolute Gasteiger partial charge is 0.310 e. The van der Waals surface area contributed by atoms with Crippen molar-refractivity contribution in [2.45, 2.75) is 17.4 Å². The number of benzene rings is 1. The standard InChI is InChI=1S/C10H13NS/c1-12-9-4-2-3-8(7-9)10-5-6-11-10/h2-4,7,10-11H,5-6H2,1H3. The van der Waals surface area contributed by atoms with Crippen molar-refractivity contribution in [3.8, 4) is 0 Å². The van der Waals surface area contributed by atoms with Crippen LogP contribution in [0.2, 0.25) is 0 Å². The van der Waals surface area contributed by atoms with Crippen LogP contribution in [0.15, 0.2) is 29.2 Å². The van der Waals surface area contributed by atoms with Crippen molar-refractivity contribution < 1.29 is 0 Å². The number of nitrogens with one attached hydrogen (secondary N) is 1. The Morgan fingerprint density at radius 1 is 1.50 bits per heavy atom. The summed E-state index contributed by atoms with van der Waals surface area (Å²) in [7, 11) is 0. The fourth-order valence-electron chi connectivity index (χ4n) is 1.43. The Hall–Kier alpha value is -0.470. The van der Waals surface area contributed by atoms with E-state index in [1.54, 1.807) is 0 Å². The van der Waals surface area contributed by atoms with E-state index in [1.165, 1.54) is 23.4 Å². The number of hydrogen-bond donors (Lipinski definition) is 1. The molecule has 0 aromatic heterocycles. The third-order valence-electron chi connectivity index (χ3n) is 2.32. The van der Waals surface area contributed by atoms with Crippen molar-refractivity contribution in [3.05, 3.63) is 29.8 Å². The van der Waals surface area contributed by atoms with Gasteiger partial charge in [0.2, 0.25) is 0 Å². The first-order chi connectivity index (χ1) is 5.90. The van der Waals surface area contributed by atoms with Gasteiger partial charge in [0, 0.05) is 10.9 Å². The van der Waals surface area contributed by atoms with Crippen molar-refractivity contribution in [3.63, 3.8) is 0 Å². The molecule has 0 bridgehead atoms. The molecular formula is C10H13NS. The topological polar surface area (TPSA) is 12.0 Å². The maximum Gasteiger partial charge on any atom is 0.0332 e. The smallest absolute Gasteiger partial charge is 0.0332 e. The number of hydrogen-bond acceptors (Lipinski definition) is 2. The lowest BCUT2D eigenvalue weighted by molar-refractivity contribution is 0.383. The second kappa shape index (κ2) is 3.50. The van der Waals surface area contributed by atoms with Crippen LogP contribution in [0.3, 0.4) is 0 Å². The molecule has 64 valence electrons. The second-order valence-corrected chi connectivity index (χ2v) is 3.95. The molecule has 2 rings (SSSR count). The van der Waals surface area contributed by atoms with Crippen LogP contribution in [-0.4, -0.2) is 12.8 Å². The highest BCUT2D eigenvalue weighted by molar-refractivity contribution is 7.98. The van der Waals surface area contributed by atoms with Gasteiger partial charge < -0.3 is 5.32 Å². The minimum Gasteiger partial charge on any atom is -0.310 e. The average molecular weight is 179 g/mol. The van der Waals surface area contributed by atoms with Crippen molar-refractivity contribution in [2.24, 2.45) is 0 Å². The molecule has 1 aromatic rings. The highest BCUT2D eigenvalue weighted by Gasteiger charge is 2.17. The summed E-state index contributed by atoms with van der Waals surface area (Å²) >= 11 is 1.81. The van der Waals surface area contributed by atoms with Crippen molar-refractivity contribution in [2.75, 3.05) is 12.8 Å². The van der Waals surface area contributed by atoms with E-state index in [1.807, 2.05) is 11.8 Å². The molecule has 1 fully saturated rings. The zero-order valence-electron chi connectivity index (χ0n) is 7.21. The summed E-state index contributed by atoms with van der Waals surface area (Å²) in [5, 5.41) is 3.40. The van der Waals surface area contributed by atoms with Crippen LogP contribution >= 0.6 is 11.8 Å². The SMILES string of the molecule is CSc1cccc(C2CCN2)c1. The highest BCUT2D eigenvalue weighted by Crippen LogP contribution is 2.25. The summed E-state index contributed by atoms with van der Waals surface area (Å²) in [5.74, 6) is 0. The molecular weight excluding hydrogens is 166 g/mol. The van der Waals surface area contributed by atoms with Crippen LogP contribution in [0.5, 0.6) is 0 Å². The Bertz CT molecular complexity index is 268. The van der Waals surface area contributed by atoms with Gasteiger partial charge >= 0.3 is 0 Å². The molecule has 1 aliphatic rings. The van der Waals surface area contributed by atoms with E-state index in [0.29, 0.717) is 6.04 Å². The van der Waals surface area contributed by atoms with Gasteiger partial charge in [-0.15, -0.1) is 11.8 Å². The monoisotopic (exact) mass is 179 g/mol. The Balaban J connectivity index is 2.19. The molecule has 1 saturated heterocycles. The Labute approximate surface area is 77.6 Å². The molecule has 2 heteroatoms. The predicted octanol–water partition coefficient (Wildman–Crippen LogP) is 2.44. The minimum absolute atomic E-state index is 0.622. The summed E-state index contributed by atoms with van der Waals surface area (Å²) in [5.41, 5.74) is 1.44. The van der Waals surface area contributed by atoms with Gasteiger partial charge in [-0.25, -0.2) is 0 Å². The summed E-state index contributed by atoms with van der Waals surface area (Å²) in [4.78, 5) is 1.36. The maximum atomic E-state index is 3.40. The summed E-state index contributed by atoms with van der Waals surface area (Å²) in [6, 6.07) is 9.41. The molecule has 0 radical (unpaired) electrons. The first-order valence-electron chi connectivity index (χ1n) is 4.27. The van der Waals surface area contributed by atoms with E-state index >= 15 is 0 Å². The van der Waals surface area contributed by atoms with Crippen LogP contribution in [0.25, 0.3) is 0 Å². The van der Waals surface area contributed by atoms with Crippen LogP contribution < -0.4 is 5.32 Å². The second-order valence-electron chi connectivity index (χ2n) is 3.07. The molecule has 1 heterocycles. The first-order valence-corrected chi connectivity index (χ1v) is 5.50. The van der Waals surface area contributed by atoms with Gasteiger partial charge in [0.25, 0.3) is 0 Å². The van der Waals surface area contributed by atoms with Crippen LogP contribution in [0.4, 0.5) is 0 Å². The first kappa shape index (κ1) is 8.14. The predicted molar refractivity (Wildman–Crippen MR) is 53.6 cm³/mol. The Morgan fingerprint density at radius 2 is 2.33 bits per heavy atom. The lowest BCUT2D eigenvalue weighted by Crippen LogP contribution is -2.34. The molecule has 1 aliphatic heterocycles. The molecule has 12 heavy (non-hydrogen) atoms. The number of rotatable bonds is 2. The van der Waals surface area contributed by atoms with E-state index in [4.69, 9.17) is 0 Å². The van der Waals surface area contributed by atoms with Gasteiger partial charge in [-0.05, 0) is 36.9 Å². The zero-order chi connectivity index (χ0) is 8.39. The molecule has 0 aliphatic carbocycles. The lowest BCUT2D eigenvalue weighted by Gasteiger charge is -2.28. The molecule has 1 aromatic carbocycles. The molecule has 1 unspecified atom stereocenters.